The van der Waals surface area contributed by atoms with Crippen molar-refractivity contribution in [2.75, 3.05) is 0 Å². The second kappa shape index (κ2) is 11.9. The summed E-state index contributed by atoms with van der Waals surface area (Å²) >= 11 is 0. The molecule has 0 aliphatic heterocycles. The Morgan fingerprint density at radius 2 is 1.26 bits per heavy atom. The Morgan fingerprint density at radius 3 is 1.74 bits per heavy atom. The maximum Gasteiger partial charge on any atom is 0.453 e. The molecule has 0 aliphatic rings. The van der Waals surface area contributed by atoms with Gasteiger partial charge in [-0.1, -0.05) is 64.4 Å². The molecule has 0 radical (unpaired) electrons. The highest BCUT2D eigenvalue weighted by Gasteiger charge is 2.56. The number of unbranched alkanes of at least 4 members (excludes halogenated alkanes) is 7. The first-order valence-electron chi connectivity index (χ1n) is 8.76. The van der Waals surface area contributed by atoms with E-state index in [4.69, 9.17) is 0 Å². The minimum Gasteiger partial charge on any atom is -0.196 e. The fraction of sp³-hybridized carbons (Fsp3) is 0.889. The predicted molar refractivity (Wildman–Crippen MR) is 85.8 cm³/mol. The molecule has 0 heterocycles. The Morgan fingerprint density at radius 1 is 0.783 bits per heavy atom. The predicted octanol–water partition coefficient (Wildman–Crippen LogP) is 7.69. The first-order chi connectivity index (χ1) is 10.7. The summed E-state index contributed by atoms with van der Waals surface area (Å²) in [6, 6.07) is 0. The largest absolute Gasteiger partial charge is 0.453 e. The molecule has 0 amide bonds. The maximum atomic E-state index is 12.7. The van der Waals surface area contributed by atoms with Crippen LogP contribution in [0, 0.1) is 5.92 Å². The Bertz CT molecular complexity index is 296. The van der Waals surface area contributed by atoms with Crippen LogP contribution < -0.4 is 0 Å². The molecule has 0 aromatic heterocycles. The number of allylic oxidation sites excluding steroid dienone is 1. The second-order valence-corrected chi connectivity index (χ2v) is 6.54. The van der Waals surface area contributed by atoms with Crippen molar-refractivity contribution in [2.24, 2.45) is 5.92 Å². The summed E-state index contributed by atoms with van der Waals surface area (Å²) in [5, 5.41) is 0. The van der Waals surface area contributed by atoms with Crippen LogP contribution in [-0.4, -0.2) is 12.1 Å². The van der Waals surface area contributed by atoms with E-state index in [1.54, 1.807) is 0 Å². The number of hydrogen-bond donors (Lipinski definition) is 0. The van der Waals surface area contributed by atoms with Gasteiger partial charge in [-0.05, 0) is 25.2 Å². The summed E-state index contributed by atoms with van der Waals surface area (Å²) in [6.07, 6.45) is 5.59. The van der Waals surface area contributed by atoms with Crippen molar-refractivity contribution in [3.63, 3.8) is 0 Å². The molecule has 1 unspecified atom stereocenters. The number of halogens is 5. The van der Waals surface area contributed by atoms with Gasteiger partial charge in [-0.15, -0.1) is 6.58 Å². The van der Waals surface area contributed by atoms with E-state index in [1.807, 2.05) is 6.08 Å². The number of rotatable bonds is 14. The van der Waals surface area contributed by atoms with Crippen LogP contribution in [0.25, 0.3) is 0 Å². The molecule has 0 aromatic carbocycles. The lowest BCUT2D eigenvalue weighted by Gasteiger charge is -2.19. The first-order valence-corrected chi connectivity index (χ1v) is 8.76. The van der Waals surface area contributed by atoms with Crippen LogP contribution in [0.3, 0.4) is 0 Å². The maximum absolute atomic E-state index is 12.7. The van der Waals surface area contributed by atoms with Gasteiger partial charge in [0.1, 0.15) is 0 Å². The monoisotopic (exact) mass is 342 g/mol. The summed E-state index contributed by atoms with van der Waals surface area (Å²) in [5.74, 6) is -3.93. The lowest BCUT2D eigenvalue weighted by atomic mass is 9.96. The van der Waals surface area contributed by atoms with Crippen molar-refractivity contribution in [2.45, 2.75) is 96.1 Å². The third-order valence-electron chi connectivity index (χ3n) is 4.21. The molecule has 0 spiro atoms. The van der Waals surface area contributed by atoms with Crippen molar-refractivity contribution in [3.8, 4) is 0 Å². The number of hydrogen-bond acceptors (Lipinski definition) is 0. The number of alkyl halides is 5. The average Bonchev–Trinajstić information content (AvgIpc) is 2.45. The van der Waals surface area contributed by atoms with Crippen LogP contribution in [0.4, 0.5) is 22.0 Å². The standard InChI is InChI=1S/C18H31F5/c1-3-4-5-6-7-10-13-16(2)14-11-8-9-12-15-17(19,20)18(21,22)23/h3,16H,1,4-15H2,2H3. The molecule has 1 atom stereocenters. The Kier molecular flexibility index (Phi) is 11.5. The summed E-state index contributed by atoms with van der Waals surface area (Å²) in [5.41, 5.74) is 0. The van der Waals surface area contributed by atoms with Crippen LogP contribution in [0.15, 0.2) is 12.7 Å². The van der Waals surface area contributed by atoms with E-state index < -0.39 is 18.5 Å². The summed E-state index contributed by atoms with van der Waals surface area (Å²) in [7, 11) is 0. The van der Waals surface area contributed by atoms with Crippen molar-refractivity contribution in [1.29, 1.82) is 0 Å². The highest BCUT2D eigenvalue weighted by Crippen LogP contribution is 2.39. The normalized spacial score (nSPS) is 14.0. The summed E-state index contributed by atoms with van der Waals surface area (Å²) in [4.78, 5) is 0. The Labute approximate surface area is 137 Å². The van der Waals surface area contributed by atoms with Gasteiger partial charge in [0.2, 0.25) is 0 Å². The molecular weight excluding hydrogens is 311 g/mol. The fourth-order valence-corrected chi connectivity index (χ4v) is 2.61. The van der Waals surface area contributed by atoms with Gasteiger partial charge in [0.25, 0.3) is 0 Å². The van der Waals surface area contributed by atoms with Gasteiger partial charge < -0.3 is 0 Å². The molecule has 0 nitrogen and oxygen atoms in total. The van der Waals surface area contributed by atoms with Crippen LogP contribution in [0.2, 0.25) is 0 Å². The molecular formula is C18H31F5. The lowest BCUT2D eigenvalue weighted by molar-refractivity contribution is -0.284. The van der Waals surface area contributed by atoms with Gasteiger partial charge >= 0.3 is 12.1 Å². The molecule has 0 rings (SSSR count). The molecule has 5 heteroatoms. The lowest BCUT2D eigenvalue weighted by Crippen LogP contribution is -2.36. The quantitative estimate of drug-likeness (QED) is 0.172. The van der Waals surface area contributed by atoms with E-state index >= 15 is 0 Å². The highest BCUT2D eigenvalue weighted by atomic mass is 19.4. The molecule has 138 valence electrons. The third kappa shape index (κ3) is 11.5. The Balaban J connectivity index is 3.49. The Hall–Kier alpha value is -0.610. The van der Waals surface area contributed by atoms with Crippen molar-refractivity contribution in [1.82, 2.24) is 0 Å². The van der Waals surface area contributed by atoms with E-state index in [-0.39, 0.29) is 6.42 Å². The van der Waals surface area contributed by atoms with Crippen LogP contribution in [-0.2, 0) is 0 Å². The second-order valence-electron chi connectivity index (χ2n) is 6.54. The minimum atomic E-state index is -5.41. The molecule has 0 aliphatic carbocycles. The fourth-order valence-electron chi connectivity index (χ4n) is 2.61. The summed E-state index contributed by atoms with van der Waals surface area (Å²) in [6.45, 7) is 5.87. The molecule has 0 bridgehead atoms. The first kappa shape index (κ1) is 22.4. The van der Waals surface area contributed by atoms with Gasteiger partial charge in [0.15, 0.2) is 0 Å². The van der Waals surface area contributed by atoms with Gasteiger partial charge in [-0.2, -0.15) is 22.0 Å². The van der Waals surface area contributed by atoms with Crippen LogP contribution >= 0.6 is 0 Å². The molecule has 0 saturated carbocycles. The zero-order chi connectivity index (χ0) is 17.8. The van der Waals surface area contributed by atoms with Crippen molar-refractivity contribution < 1.29 is 22.0 Å². The molecule has 0 N–H and O–H groups in total. The van der Waals surface area contributed by atoms with E-state index in [2.05, 4.69) is 13.5 Å². The topological polar surface area (TPSA) is 0 Å². The SMILES string of the molecule is C=CCCCCCCC(C)CCCCCCC(F)(F)C(F)(F)F. The molecule has 0 aromatic rings. The van der Waals surface area contributed by atoms with Crippen LogP contribution in [0.1, 0.15) is 84.0 Å². The highest BCUT2D eigenvalue weighted by molar-refractivity contribution is 4.75. The van der Waals surface area contributed by atoms with E-state index in [9.17, 15) is 22.0 Å². The van der Waals surface area contributed by atoms with Gasteiger partial charge in [0, 0.05) is 6.42 Å². The smallest absolute Gasteiger partial charge is 0.196 e. The van der Waals surface area contributed by atoms with Gasteiger partial charge in [0.05, 0.1) is 0 Å². The van der Waals surface area contributed by atoms with Gasteiger partial charge in [-0.25, -0.2) is 0 Å². The zero-order valence-corrected chi connectivity index (χ0v) is 14.2. The molecule has 0 saturated heterocycles. The zero-order valence-electron chi connectivity index (χ0n) is 14.2. The molecule has 0 fully saturated rings. The van der Waals surface area contributed by atoms with E-state index in [0.29, 0.717) is 12.3 Å². The van der Waals surface area contributed by atoms with Crippen molar-refractivity contribution >= 4 is 0 Å². The summed E-state index contributed by atoms with van der Waals surface area (Å²) < 4.78 is 61.3. The average molecular weight is 342 g/mol. The van der Waals surface area contributed by atoms with E-state index in [0.717, 1.165) is 25.7 Å². The van der Waals surface area contributed by atoms with Crippen molar-refractivity contribution in [3.05, 3.63) is 12.7 Å². The van der Waals surface area contributed by atoms with Crippen LogP contribution in [0.5, 0.6) is 0 Å². The minimum absolute atomic E-state index is 0.0653. The third-order valence-corrected chi connectivity index (χ3v) is 4.21. The van der Waals surface area contributed by atoms with E-state index in [1.165, 1.54) is 32.1 Å². The molecule has 23 heavy (non-hydrogen) atoms. The van der Waals surface area contributed by atoms with Gasteiger partial charge in [-0.3, -0.25) is 0 Å².